The number of carbonyl (C=O) groups excluding carboxylic acids is 1. The van der Waals surface area contributed by atoms with Crippen molar-refractivity contribution in [1.29, 1.82) is 0 Å². The van der Waals surface area contributed by atoms with Crippen molar-refractivity contribution in [3.63, 3.8) is 0 Å². The van der Waals surface area contributed by atoms with Crippen LogP contribution < -0.4 is 19.1 Å². The molecule has 0 saturated carbocycles. The minimum Gasteiger partial charge on any atom is -0.486 e. The van der Waals surface area contributed by atoms with Crippen LogP contribution in [0.3, 0.4) is 0 Å². The quantitative estimate of drug-likeness (QED) is 0.828. The van der Waals surface area contributed by atoms with Crippen LogP contribution in [0.5, 0.6) is 11.5 Å². The molecular formula is C20H22N2O5S. The van der Waals surface area contributed by atoms with E-state index in [2.05, 4.69) is 4.72 Å². The summed E-state index contributed by atoms with van der Waals surface area (Å²) < 4.78 is 38.8. The number of nitrogens with zero attached hydrogens (tertiary/aromatic N) is 1. The molecule has 0 spiro atoms. The van der Waals surface area contributed by atoms with E-state index >= 15 is 0 Å². The van der Waals surface area contributed by atoms with E-state index in [0.717, 1.165) is 11.3 Å². The number of amides is 1. The summed E-state index contributed by atoms with van der Waals surface area (Å²) in [6, 6.07) is 12.3. The molecule has 2 aliphatic heterocycles. The number of aryl methyl sites for hydroxylation is 1. The molecule has 1 amide bonds. The van der Waals surface area contributed by atoms with E-state index in [1.54, 1.807) is 11.0 Å². The summed E-state index contributed by atoms with van der Waals surface area (Å²) in [6.07, 6.45) is 0.317. The Balaban J connectivity index is 1.41. The summed E-state index contributed by atoms with van der Waals surface area (Å²) in [5, 5.41) is 0. The van der Waals surface area contributed by atoms with Crippen LogP contribution in [-0.2, 0) is 14.8 Å². The normalized spacial score (nSPS) is 19.1. The Kier molecular flexibility index (Phi) is 4.99. The zero-order valence-corrected chi connectivity index (χ0v) is 16.4. The number of sulfonamides is 1. The van der Waals surface area contributed by atoms with Crippen molar-refractivity contribution >= 4 is 21.6 Å². The molecule has 0 aliphatic carbocycles. The van der Waals surface area contributed by atoms with E-state index < -0.39 is 10.0 Å². The Hall–Kier alpha value is -2.58. The lowest BCUT2D eigenvalue weighted by Gasteiger charge is -2.19. The molecule has 1 N–H and O–H groups in total. The number of hydrogen-bond acceptors (Lipinski definition) is 5. The Morgan fingerprint density at radius 3 is 2.54 bits per heavy atom. The Morgan fingerprint density at radius 1 is 1.07 bits per heavy atom. The van der Waals surface area contributed by atoms with Crippen molar-refractivity contribution in [3.8, 4) is 11.5 Å². The third kappa shape index (κ3) is 3.83. The standard InChI is InChI=1S/C20H22N2O5S/c1-14-2-4-16(5-3-14)22-13-15(10-20(22)23)12-21-28(24,25)17-6-7-18-19(11-17)27-9-8-26-18/h2-7,11,15,21H,8-10,12-13H2,1H3/t15-/m0/s1. The average molecular weight is 402 g/mol. The first-order valence-corrected chi connectivity index (χ1v) is 10.7. The van der Waals surface area contributed by atoms with Gasteiger partial charge in [0, 0.05) is 31.3 Å². The SMILES string of the molecule is Cc1ccc(N2C[C@H](CNS(=O)(=O)c3ccc4c(c3)OCCO4)CC2=O)cc1. The monoisotopic (exact) mass is 402 g/mol. The van der Waals surface area contributed by atoms with Gasteiger partial charge in [-0.3, -0.25) is 4.79 Å². The van der Waals surface area contributed by atoms with Gasteiger partial charge in [0.05, 0.1) is 4.90 Å². The van der Waals surface area contributed by atoms with Gasteiger partial charge in [-0.05, 0) is 37.1 Å². The first-order chi connectivity index (χ1) is 13.4. The van der Waals surface area contributed by atoms with Gasteiger partial charge in [0.1, 0.15) is 13.2 Å². The molecule has 0 aromatic heterocycles. The van der Waals surface area contributed by atoms with Gasteiger partial charge in [-0.15, -0.1) is 0 Å². The highest BCUT2D eigenvalue weighted by molar-refractivity contribution is 7.89. The molecule has 4 rings (SSSR count). The number of rotatable bonds is 5. The fraction of sp³-hybridized carbons (Fsp3) is 0.350. The Labute approximate surface area is 164 Å². The van der Waals surface area contributed by atoms with Gasteiger partial charge in [0.2, 0.25) is 15.9 Å². The van der Waals surface area contributed by atoms with Crippen molar-refractivity contribution in [2.24, 2.45) is 5.92 Å². The molecule has 1 atom stereocenters. The molecule has 2 heterocycles. The second-order valence-electron chi connectivity index (χ2n) is 7.07. The number of hydrogen-bond donors (Lipinski definition) is 1. The number of carbonyl (C=O) groups is 1. The van der Waals surface area contributed by atoms with Crippen LogP contribution in [0.4, 0.5) is 5.69 Å². The first kappa shape index (κ1) is 18.8. The van der Waals surface area contributed by atoms with Crippen LogP contribution in [0.1, 0.15) is 12.0 Å². The molecule has 2 aliphatic rings. The zero-order chi connectivity index (χ0) is 19.7. The molecule has 0 bridgehead atoms. The third-order valence-corrected chi connectivity index (χ3v) is 6.36. The van der Waals surface area contributed by atoms with Crippen LogP contribution in [0.15, 0.2) is 47.4 Å². The highest BCUT2D eigenvalue weighted by atomic mass is 32.2. The molecule has 7 nitrogen and oxygen atoms in total. The lowest BCUT2D eigenvalue weighted by Crippen LogP contribution is -2.31. The summed E-state index contributed by atoms with van der Waals surface area (Å²) >= 11 is 0. The van der Waals surface area contributed by atoms with E-state index in [0.29, 0.717) is 37.7 Å². The number of benzene rings is 2. The lowest BCUT2D eigenvalue weighted by atomic mass is 10.1. The van der Waals surface area contributed by atoms with Gasteiger partial charge in [0.25, 0.3) is 0 Å². The smallest absolute Gasteiger partial charge is 0.240 e. The molecule has 8 heteroatoms. The van der Waals surface area contributed by atoms with Gasteiger partial charge >= 0.3 is 0 Å². The molecule has 1 saturated heterocycles. The molecule has 148 valence electrons. The van der Waals surface area contributed by atoms with Crippen molar-refractivity contribution in [2.75, 3.05) is 31.2 Å². The maximum absolute atomic E-state index is 12.6. The maximum Gasteiger partial charge on any atom is 0.240 e. The van der Waals surface area contributed by atoms with E-state index in [1.807, 2.05) is 31.2 Å². The van der Waals surface area contributed by atoms with Crippen molar-refractivity contribution in [3.05, 3.63) is 48.0 Å². The Morgan fingerprint density at radius 2 is 1.79 bits per heavy atom. The van der Waals surface area contributed by atoms with Gasteiger partial charge in [-0.1, -0.05) is 17.7 Å². The molecule has 1 fully saturated rings. The number of nitrogens with one attached hydrogen (secondary N) is 1. The number of fused-ring (bicyclic) bond motifs is 1. The van der Waals surface area contributed by atoms with Crippen LogP contribution in [-0.4, -0.2) is 40.6 Å². The van der Waals surface area contributed by atoms with Crippen molar-refractivity contribution in [2.45, 2.75) is 18.2 Å². The number of ether oxygens (including phenoxy) is 2. The maximum atomic E-state index is 12.6. The summed E-state index contributed by atoms with van der Waals surface area (Å²) in [4.78, 5) is 14.2. The van der Waals surface area contributed by atoms with E-state index in [1.165, 1.54) is 12.1 Å². The number of anilines is 1. The predicted molar refractivity (Wildman–Crippen MR) is 104 cm³/mol. The molecule has 28 heavy (non-hydrogen) atoms. The van der Waals surface area contributed by atoms with E-state index in [4.69, 9.17) is 9.47 Å². The minimum atomic E-state index is -3.70. The second-order valence-corrected chi connectivity index (χ2v) is 8.83. The third-order valence-electron chi connectivity index (χ3n) is 4.94. The largest absolute Gasteiger partial charge is 0.486 e. The predicted octanol–water partition coefficient (Wildman–Crippen LogP) is 2.10. The average Bonchev–Trinajstić information content (AvgIpc) is 3.07. The van der Waals surface area contributed by atoms with Crippen LogP contribution in [0.2, 0.25) is 0 Å². The van der Waals surface area contributed by atoms with E-state index in [-0.39, 0.29) is 23.3 Å². The summed E-state index contributed by atoms with van der Waals surface area (Å²) in [5.41, 5.74) is 1.96. The highest BCUT2D eigenvalue weighted by Crippen LogP contribution is 2.32. The second kappa shape index (κ2) is 7.44. The Bertz CT molecular complexity index is 988. The molecule has 2 aromatic rings. The van der Waals surface area contributed by atoms with Crippen LogP contribution >= 0.6 is 0 Å². The van der Waals surface area contributed by atoms with Crippen LogP contribution in [0, 0.1) is 12.8 Å². The molecular weight excluding hydrogens is 380 g/mol. The molecule has 0 radical (unpaired) electrons. The summed E-state index contributed by atoms with van der Waals surface area (Å²) in [7, 11) is -3.70. The van der Waals surface area contributed by atoms with Crippen molar-refractivity contribution in [1.82, 2.24) is 4.72 Å². The van der Waals surface area contributed by atoms with Gasteiger partial charge in [0.15, 0.2) is 11.5 Å². The topological polar surface area (TPSA) is 84.9 Å². The first-order valence-electron chi connectivity index (χ1n) is 9.19. The van der Waals surface area contributed by atoms with Crippen molar-refractivity contribution < 1.29 is 22.7 Å². The van der Waals surface area contributed by atoms with Crippen LogP contribution in [0.25, 0.3) is 0 Å². The van der Waals surface area contributed by atoms with Gasteiger partial charge in [-0.25, -0.2) is 13.1 Å². The van der Waals surface area contributed by atoms with E-state index in [9.17, 15) is 13.2 Å². The summed E-state index contributed by atoms with van der Waals surface area (Å²) in [6.45, 7) is 3.52. The zero-order valence-electron chi connectivity index (χ0n) is 15.6. The molecule has 0 unspecified atom stereocenters. The van der Waals surface area contributed by atoms with Gasteiger partial charge < -0.3 is 14.4 Å². The molecule has 2 aromatic carbocycles. The fourth-order valence-corrected chi connectivity index (χ4v) is 4.53. The minimum absolute atomic E-state index is 0.00683. The van der Waals surface area contributed by atoms with Gasteiger partial charge in [-0.2, -0.15) is 0 Å². The lowest BCUT2D eigenvalue weighted by molar-refractivity contribution is -0.117. The highest BCUT2D eigenvalue weighted by Gasteiger charge is 2.31. The fourth-order valence-electron chi connectivity index (χ4n) is 3.39. The summed E-state index contributed by atoms with van der Waals surface area (Å²) in [5.74, 6) is 0.893.